The van der Waals surface area contributed by atoms with Gasteiger partial charge in [-0.1, -0.05) is 24.3 Å². The number of anilines is 2. The minimum atomic E-state index is -0.327. The number of amides is 2. The molecule has 2 aromatic carbocycles. The van der Waals surface area contributed by atoms with Crippen molar-refractivity contribution in [2.75, 3.05) is 23.8 Å². The number of aryl methyl sites for hydroxylation is 1. The second-order valence-electron chi connectivity index (χ2n) is 4.95. The number of nitrogens with one attached hydrogen (secondary N) is 2. The van der Waals surface area contributed by atoms with Gasteiger partial charge in [-0.25, -0.2) is 0 Å². The van der Waals surface area contributed by atoms with Crippen LogP contribution in [0.3, 0.4) is 0 Å². The minimum absolute atomic E-state index is 0.123. The van der Waals surface area contributed by atoms with Gasteiger partial charge in [0.05, 0.1) is 17.9 Å². The zero-order valence-electron chi connectivity index (χ0n) is 12.8. The van der Waals surface area contributed by atoms with E-state index < -0.39 is 0 Å². The Balaban J connectivity index is 2.01. The maximum absolute atomic E-state index is 12.0. The highest BCUT2D eigenvalue weighted by molar-refractivity contribution is 6.00. The molecule has 2 amide bonds. The van der Waals surface area contributed by atoms with Crippen LogP contribution < -0.4 is 21.1 Å². The standard InChI is InChI=1S/C17H19N3O3/c1-12-7-8-14(15(9-12)20-16(21)10-18)19-17(22)11-23-13-5-3-2-4-6-13/h2-9H,10-11,18H2,1H3,(H,19,22)(H,20,21). The molecule has 120 valence electrons. The molecule has 0 aliphatic carbocycles. The molecule has 0 radical (unpaired) electrons. The number of nitrogens with two attached hydrogens (primary N) is 1. The molecule has 4 N–H and O–H groups in total. The van der Waals surface area contributed by atoms with Crippen LogP contribution in [-0.4, -0.2) is 25.0 Å². The van der Waals surface area contributed by atoms with Gasteiger partial charge in [0.25, 0.3) is 5.91 Å². The van der Waals surface area contributed by atoms with E-state index >= 15 is 0 Å². The molecular weight excluding hydrogens is 294 g/mol. The van der Waals surface area contributed by atoms with E-state index in [-0.39, 0.29) is 25.0 Å². The molecule has 0 saturated carbocycles. The van der Waals surface area contributed by atoms with E-state index in [9.17, 15) is 9.59 Å². The maximum atomic E-state index is 12.0. The zero-order valence-corrected chi connectivity index (χ0v) is 12.8. The third-order valence-electron chi connectivity index (χ3n) is 3.02. The smallest absolute Gasteiger partial charge is 0.262 e. The van der Waals surface area contributed by atoms with Gasteiger partial charge in [0, 0.05) is 0 Å². The lowest BCUT2D eigenvalue weighted by Crippen LogP contribution is -2.24. The molecule has 0 bridgehead atoms. The maximum Gasteiger partial charge on any atom is 0.262 e. The van der Waals surface area contributed by atoms with Crippen LogP contribution in [0.4, 0.5) is 11.4 Å². The summed E-state index contributed by atoms with van der Waals surface area (Å²) in [5.41, 5.74) is 7.26. The van der Waals surface area contributed by atoms with Crippen molar-refractivity contribution < 1.29 is 14.3 Å². The van der Waals surface area contributed by atoms with Crippen LogP contribution in [0.1, 0.15) is 5.56 Å². The molecule has 0 aliphatic rings. The second kappa shape index (κ2) is 7.95. The molecule has 23 heavy (non-hydrogen) atoms. The summed E-state index contributed by atoms with van der Waals surface area (Å²) in [7, 11) is 0. The SMILES string of the molecule is Cc1ccc(NC(=O)COc2ccccc2)c(NC(=O)CN)c1. The van der Waals surface area contributed by atoms with Crippen molar-refractivity contribution in [3.05, 3.63) is 54.1 Å². The highest BCUT2D eigenvalue weighted by atomic mass is 16.5. The molecule has 0 aliphatic heterocycles. The number of hydrogen-bond donors (Lipinski definition) is 3. The fourth-order valence-electron chi connectivity index (χ4n) is 1.92. The Labute approximate surface area is 134 Å². The van der Waals surface area contributed by atoms with Gasteiger partial charge in [-0.2, -0.15) is 0 Å². The topological polar surface area (TPSA) is 93.5 Å². The Morgan fingerprint density at radius 1 is 1.00 bits per heavy atom. The first-order valence-electron chi connectivity index (χ1n) is 7.17. The monoisotopic (exact) mass is 313 g/mol. The Bertz CT molecular complexity index is 687. The third-order valence-corrected chi connectivity index (χ3v) is 3.02. The van der Waals surface area contributed by atoms with Gasteiger partial charge in [-0.15, -0.1) is 0 Å². The molecular formula is C17H19N3O3. The molecule has 0 spiro atoms. The highest BCUT2D eigenvalue weighted by Crippen LogP contribution is 2.23. The van der Waals surface area contributed by atoms with Gasteiger partial charge in [-0.05, 0) is 36.8 Å². The van der Waals surface area contributed by atoms with Crippen LogP contribution in [0, 0.1) is 6.92 Å². The highest BCUT2D eigenvalue weighted by Gasteiger charge is 2.10. The quantitative estimate of drug-likeness (QED) is 0.759. The lowest BCUT2D eigenvalue weighted by Gasteiger charge is -2.13. The summed E-state index contributed by atoms with van der Waals surface area (Å²) in [6.07, 6.45) is 0. The van der Waals surface area contributed by atoms with Crippen molar-refractivity contribution in [3.63, 3.8) is 0 Å². The molecule has 0 atom stereocenters. The summed E-state index contributed by atoms with van der Waals surface area (Å²) in [6.45, 7) is 1.64. The van der Waals surface area contributed by atoms with E-state index in [0.29, 0.717) is 17.1 Å². The largest absolute Gasteiger partial charge is 0.484 e. The average molecular weight is 313 g/mol. The van der Waals surface area contributed by atoms with E-state index in [1.807, 2.05) is 31.2 Å². The van der Waals surface area contributed by atoms with Gasteiger partial charge in [0.15, 0.2) is 6.61 Å². The number of ether oxygens (including phenoxy) is 1. The van der Waals surface area contributed by atoms with Gasteiger partial charge >= 0.3 is 0 Å². The number of carbonyl (C=O) groups excluding carboxylic acids is 2. The molecule has 0 heterocycles. The predicted octanol–water partition coefficient (Wildman–Crippen LogP) is 1.91. The lowest BCUT2D eigenvalue weighted by atomic mass is 10.2. The Hall–Kier alpha value is -2.86. The minimum Gasteiger partial charge on any atom is -0.484 e. The molecule has 6 heteroatoms. The summed E-state index contributed by atoms with van der Waals surface area (Å²) in [6, 6.07) is 14.4. The molecule has 0 fully saturated rings. The molecule has 6 nitrogen and oxygen atoms in total. The summed E-state index contributed by atoms with van der Waals surface area (Å²) in [5, 5.41) is 5.38. The first-order valence-corrected chi connectivity index (χ1v) is 7.17. The second-order valence-corrected chi connectivity index (χ2v) is 4.95. The van der Waals surface area contributed by atoms with Crippen molar-refractivity contribution in [2.45, 2.75) is 6.92 Å². The lowest BCUT2D eigenvalue weighted by molar-refractivity contribution is -0.118. The van der Waals surface area contributed by atoms with Crippen LogP contribution in [0.2, 0.25) is 0 Å². The fourth-order valence-corrected chi connectivity index (χ4v) is 1.92. The van der Waals surface area contributed by atoms with E-state index in [1.165, 1.54) is 0 Å². The summed E-state index contributed by atoms with van der Waals surface area (Å²) in [5.74, 6) is -0.0317. The van der Waals surface area contributed by atoms with Crippen molar-refractivity contribution in [1.29, 1.82) is 0 Å². The van der Waals surface area contributed by atoms with Gasteiger partial charge in [0.2, 0.25) is 5.91 Å². The zero-order chi connectivity index (χ0) is 16.7. The van der Waals surface area contributed by atoms with E-state index in [4.69, 9.17) is 10.5 Å². The number of hydrogen-bond acceptors (Lipinski definition) is 4. The Morgan fingerprint density at radius 3 is 2.39 bits per heavy atom. The molecule has 0 unspecified atom stereocenters. The van der Waals surface area contributed by atoms with Crippen molar-refractivity contribution in [1.82, 2.24) is 0 Å². The molecule has 0 aromatic heterocycles. The molecule has 0 saturated heterocycles. The van der Waals surface area contributed by atoms with E-state index in [2.05, 4.69) is 10.6 Å². The average Bonchev–Trinajstić information content (AvgIpc) is 2.56. The van der Waals surface area contributed by atoms with Crippen LogP contribution in [0.15, 0.2) is 48.5 Å². The van der Waals surface area contributed by atoms with Crippen LogP contribution in [0.5, 0.6) is 5.75 Å². The van der Waals surface area contributed by atoms with E-state index in [0.717, 1.165) is 5.56 Å². The number of para-hydroxylation sites is 1. The number of carbonyl (C=O) groups is 2. The third kappa shape index (κ3) is 5.12. The van der Waals surface area contributed by atoms with Crippen LogP contribution >= 0.6 is 0 Å². The van der Waals surface area contributed by atoms with Gasteiger partial charge in [-0.3, -0.25) is 9.59 Å². The van der Waals surface area contributed by atoms with Gasteiger partial charge < -0.3 is 21.1 Å². The van der Waals surface area contributed by atoms with E-state index in [1.54, 1.807) is 24.3 Å². The van der Waals surface area contributed by atoms with Crippen molar-refractivity contribution in [3.8, 4) is 5.75 Å². The fraction of sp³-hybridized carbons (Fsp3) is 0.176. The Kier molecular flexibility index (Phi) is 5.71. The molecule has 2 aromatic rings. The molecule has 2 rings (SSSR count). The van der Waals surface area contributed by atoms with Gasteiger partial charge in [0.1, 0.15) is 5.75 Å². The summed E-state index contributed by atoms with van der Waals surface area (Å²) in [4.78, 5) is 23.5. The number of benzene rings is 2. The summed E-state index contributed by atoms with van der Waals surface area (Å²) >= 11 is 0. The van der Waals surface area contributed by atoms with Crippen LogP contribution in [0.25, 0.3) is 0 Å². The predicted molar refractivity (Wildman–Crippen MR) is 89.4 cm³/mol. The number of rotatable bonds is 6. The first-order chi connectivity index (χ1) is 11.1. The summed E-state index contributed by atoms with van der Waals surface area (Å²) < 4.78 is 5.39. The van der Waals surface area contributed by atoms with Crippen molar-refractivity contribution in [2.24, 2.45) is 5.73 Å². The van der Waals surface area contributed by atoms with Crippen LogP contribution in [-0.2, 0) is 9.59 Å². The normalized spacial score (nSPS) is 10.0. The Morgan fingerprint density at radius 2 is 1.70 bits per heavy atom. The first kappa shape index (κ1) is 16.5. The van der Waals surface area contributed by atoms with Crippen molar-refractivity contribution >= 4 is 23.2 Å².